The molecule has 2 aromatic carbocycles. The van der Waals surface area contributed by atoms with Gasteiger partial charge >= 0.3 is 6.18 Å². The van der Waals surface area contributed by atoms with Crippen LogP contribution in [0.5, 0.6) is 0 Å². The maximum Gasteiger partial charge on any atom is 0.416 e. The molecule has 0 bridgehead atoms. The van der Waals surface area contributed by atoms with Crippen LogP contribution in [0.3, 0.4) is 0 Å². The van der Waals surface area contributed by atoms with E-state index in [2.05, 4.69) is 5.32 Å². The molecule has 1 saturated heterocycles. The summed E-state index contributed by atoms with van der Waals surface area (Å²) in [6, 6.07) is 4.97. The fraction of sp³-hybridized carbons (Fsp3) is 0.316. The van der Waals surface area contributed by atoms with E-state index >= 15 is 0 Å². The minimum atomic E-state index is -4.73. The molecule has 0 saturated carbocycles. The van der Waals surface area contributed by atoms with Crippen molar-refractivity contribution in [2.75, 3.05) is 23.3 Å². The lowest BCUT2D eigenvalue weighted by Gasteiger charge is -2.32. The number of anilines is 2. The average Bonchev–Trinajstić information content (AvgIpc) is 2.74. The minimum Gasteiger partial charge on any atom is -0.366 e. The Hall–Kier alpha value is -3.77. The third-order valence-electron chi connectivity index (χ3n) is 5.12. The zero-order valence-corrected chi connectivity index (χ0v) is 16.3. The van der Waals surface area contributed by atoms with Gasteiger partial charge in [-0.05, 0) is 31.0 Å². The molecule has 1 N–H and O–H groups in total. The quantitative estimate of drug-likeness (QED) is 0.402. The number of nitro benzene ring substituents is 2. The predicted molar refractivity (Wildman–Crippen MR) is 105 cm³/mol. The summed E-state index contributed by atoms with van der Waals surface area (Å²) in [6.45, 7) is 0.281. The van der Waals surface area contributed by atoms with Crippen LogP contribution < -0.4 is 10.2 Å². The Bertz CT molecular complexity index is 1070. The van der Waals surface area contributed by atoms with Crippen LogP contribution >= 0.6 is 0 Å². The van der Waals surface area contributed by atoms with E-state index in [1.165, 1.54) is 4.90 Å². The van der Waals surface area contributed by atoms with Gasteiger partial charge in [-0.15, -0.1) is 0 Å². The van der Waals surface area contributed by atoms with Crippen molar-refractivity contribution in [3.63, 3.8) is 0 Å². The molecule has 0 aromatic heterocycles. The molecule has 13 heteroatoms. The molecule has 0 aliphatic carbocycles. The van der Waals surface area contributed by atoms with Crippen molar-refractivity contribution in [1.29, 1.82) is 0 Å². The molecule has 170 valence electrons. The SMILES string of the molecule is O=C(Nc1cc([N+](=O)[O-])ccc1F)C1CCN(c2ccc(C(F)(F)F)cc2[N+](=O)[O-])CC1. The van der Waals surface area contributed by atoms with E-state index in [9.17, 15) is 42.6 Å². The van der Waals surface area contributed by atoms with Gasteiger partial charge in [-0.1, -0.05) is 0 Å². The number of nitrogens with zero attached hydrogens (tertiary/aromatic N) is 3. The summed E-state index contributed by atoms with van der Waals surface area (Å²) in [4.78, 5) is 34.5. The van der Waals surface area contributed by atoms with Crippen molar-refractivity contribution >= 4 is 28.7 Å². The van der Waals surface area contributed by atoms with E-state index in [1.54, 1.807) is 0 Å². The van der Waals surface area contributed by atoms with Crippen LogP contribution in [0.2, 0.25) is 0 Å². The van der Waals surface area contributed by atoms with Crippen LogP contribution in [0.4, 0.5) is 40.3 Å². The van der Waals surface area contributed by atoms with E-state index in [0.717, 1.165) is 30.3 Å². The number of hydrogen-bond donors (Lipinski definition) is 1. The second-order valence-electron chi connectivity index (χ2n) is 7.13. The lowest BCUT2D eigenvalue weighted by Crippen LogP contribution is -2.38. The van der Waals surface area contributed by atoms with Crippen molar-refractivity contribution in [2.24, 2.45) is 5.92 Å². The van der Waals surface area contributed by atoms with Gasteiger partial charge in [-0.25, -0.2) is 4.39 Å². The normalized spacial score (nSPS) is 14.8. The average molecular weight is 456 g/mol. The van der Waals surface area contributed by atoms with Gasteiger partial charge in [0.2, 0.25) is 5.91 Å². The highest BCUT2D eigenvalue weighted by Gasteiger charge is 2.35. The number of benzene rings is 2. The Labute approximate surface area is 177 Å². The van der Waals surface area contributed by atoms with E-state index < -0.39 is 50.6 Å². The molecule has 32 heavy (non-hydrogen) atoms. The molecule has 1 amide bonds. The molecular weight excluding hydrogens is 440 g/mol. The number of nitro groups is 2. The number of halogens is 4. The number of alkyl halides is 3. The van der Waals surface area contributed by atoms with Crippen LogP contribution in [-0.4, -0.2) is 28.8 Å². The first-order valence-corrected chi connectivity index (χ1v) is 9.32. The van der Waals surface area contributed by atoms with Gasteiger partial charge in [0.25, 0.3) is 11.4 Å². The molecule has 0 unspecified atom stereocenters. The molecule has 1 aliphatic heterocycles. The summed E-state index contributed by atoms with van der Waals surface area (Å²) in [5, 5.41) is 24.4. The number of non-ortho nitro benzene ring substituents is 1. The fourth-order valence-electron chi connectivity index (χ4n) is 3.45. The van der Waals surface area contributed by atoms with Crippen molar-refractivity contribution < 1.29 is 32.2 Å². The summed E-state index contributed by atoms with van der Waals surface area (Å²) in [6.07, 6.45) is -4.34. The fourth-order valence-corrected chi connectivity index (χ4v) is 3.45. The number of nitrogens with one attached hydrogen (secondary N) is 1. The number of carbonyl (C=O) groups is 1. The molecule has 1 heterocycles. The Morgan fingerprint density at radius 3 is 2.25 bits per heavy atom. The Morgan fingerprint density at radius 2 is 1.69 bits per heavy atom. The van der Waals surface area contributed by atoms with Crippen LogP contribution in [0.1, 0.15) is 18.4 Å². The van der Waals surface area contributed by atoms with Gasteiger partial charge in [0.15, 0.2) is 0 Å². The monoisotopic (exact) mass is 456 g/mol. The third-order valence-corrected chi connectivity index (χ3v) is 5.12. The molecule has 1 fully saturated rings. The smallest absolute Gasteiger partial charge is 0.366 e. The molecule has 1 aliphatic rings. The Balaban J connectivity index is 1.70. The van der Waals surface area contributed by atoms with Gasteiger partial charge in [0.1, 0.15) is 11.5 Å². The van der Waals surface area contributed by atoms with E-state index in [1.807, 2.05) is 0 Å². The number of hydrogen-bond acceptors (Lipinski definition) is 6. The summed E-state index contributed by atoms with van der Waals surface area (Å²) >= 11 is 0. The first-order valence-electron chi connectivity index (χ1n) is 9.32. The van der Waals surface area contributed by atoms with E-state index in [-0.39, 0.29) is 37.3 Å². The maximum absolute atomic E-state index is 13.9. The summed E-state index contributed by atoms with van der Waals surface area (Å²) < 4.78 is 52.5. The highest BCUT2D eigenvalue weighted by molar-refractivity contribution is 5.93. The predicted octanol–water partition coefficient (Wildman–Crippen LogP) is 4.52. The molecule has 2 aromatic rings. The summed E-state index contributed by atoms with van der Waals surface area (Å²) in [5.41, 5.74) is -2.56. The highest BCUT2D eigenvalue weighted by Crippen LogP contribution is 2.38. The molecule has 3 rings (SSSR count). The van der Waals surface area contributed by atoms with Gasteiger partial charge in [-0.2, -0.15) is 13.2 Å². The number of carbonyl (C=O) groups excluding carboxylic acids is 1. The van der Waals surface area contributed by atoms with Crippen molar-refractivity contribution in [3.05, 3.63) is 68.0 Å². The number of rotatable bonds is 5. The van der Waals surface area contributed by atoms with Crippen LogP contribution in [-0.2, 0) is 11.0 Å². The summed E-state index contributed by atoms with van der Waals surface area (Å²) in [5.74, 6) is -2.04. The van der Waals surface area contributed by atoms with Crippen molar-refractivity contribution in [2.45, 2.75) is 19.0 Å². The zero-order valence-electron chi connectivity index (χ0n) is 16.3. The second-order valence-corrected chi connectivity index (χ2v) is 7.13. The first-order chi connectivity index (χ1) is 15.0. The molecule has 0 radical (unpaired) electrons. The first kappa shape index (κ1) is 22.9. The minimum absolute atomic E-state index is 0.00610. The van der Waals surface area contributed by atoms with Gasteiger partial charge in [0, 0.05) is 37.2 Å². The standard InChI is InChI=1S/C19H16F4N4O5/c20-14-3-2-13(26(29)30)10-15(14)24-18(28)11-5-7-25(8-6-11)16-4-1-12(19(21,22)23)9-17(16)27(31)32/h1-4,9-11H,5-8H2,(H,24,28). The van der Waals surface area contributed by atoms with Crippen molar-refractivity contribution in [3.8, 4) is 0 Å². The zero-order chi connectivity index (χ0) is 23.6. The lowest BCUT2D eigenvalue weighted by atomic mass is 9.95. The third kappa shape index (κ3) is 4.92. The van der Waals surface area contributed by atoms with Gasteiger partial charge < -0.3 is 10.2 Å². The van der Waals surface area contributed by atoms with Gasteiger partial charge in [0.05, 0.1) is 21.1 Å². The number of amides is 1. The van der Waals surface area contributed by atoms with Crippen molar-refractivity contribution in [1.82, 2.24) is 0 Å². The second kappa shape index (κ2) is 8.77. The van der Waals surface area contributed by atoms with E-state index in [4.69, 9.17) is 0 Å². The molecule has 9 nitrogen and oxygen atoms in total. The van der Waals surface area contributed by atoms with Crippen LogP contribution in [0.25, 0.3) is 0 Å². The lowest BCUT2D eigenvalue weighted by molar-refractivity contribution is -0.384. The van der Waals surface area contributed by atoms with E-state index in [0.29, 0.717) is 6.07 Å². The van der Waals surface area contributed by atoms with Crippen LogP contribution in [0, 0.1) is 32.0 Å². The largest absolute Gasteiger partial charge is 0.416 e. The molecule has 0 spiro atoms. The topological polar surface area (TPSA) is 119 Å². The highest BCUT2D eigenvalue weighted by atomic mass is 19.4. The Kier molecular flexibility index (Phi) is 6.27. The maximum atomic E-state index is 13.9. The molecular formula is C19H16F4N4O5. The molecule has 0 atom stereocenters. The van der Waals surface area contributed by atoms with Gasteiger partial charge in [-0.3, -0.25) is 25.0 Å². The summed E-state index contributed by atoms with van der Waals surface area (Å²) in [7, 11) is 0. The number of piperidine rings is 1. The Morgan fingerprint density at radius 1 is 1.03 bits per heavy atom. The van der Waals surface area contributed by atoms with Crippen LogP contribution in [0.15, 0.2) is 36.4 Å².